The third-order valence-corrected chi connectivity index (χ3v) is 3.24. The molecular weight excluding hydrogens is 296 g/mol. The third-order valence-electron chi connectivity index (χ3n) is 2.92. The van der Waals surface area contributed by atoms with E-state index in [2.05, 4.69) is 10.6 Å². The Morgan fingerprint density at radius 1 is 1.38 bits per heavy atom. The number of nitrogens with one attached hydrogen (secondary N) is 2. The molecule has 0 saturated carbocycles. The first-order chi connectivity index (χ1) is 9.83. The van der Waals surface area contributed by atoms with Crippen molar-refractivity contribution in [2.75, 3.05) is 12.4 Å². The Bertz CT molecular complexity index is 520. The fourth-order valence-electron chi connectivity index (χ4n) is 1.71. The molecule has 0 saturated heterocycles. The molecule has 0 aromatic heterocycles. The first-order valence-electron chi connectivity index (χ1n) is 6.46. The van der Waals surface area contributed by atoms with Crippen molar-refractivity contribution in [3.05, 3.63) is 23.2 Å². The number of halogens is 1. The van der Waals surface area contributed by atoms with Crippen LogP contribution in [0.5, 0.6) is 5.75 Å². The zero-order valence-corrected chi connectivity index (χ0v) is 12.9. The molecule has 2 amide bonds. The van der Waals surface area contributed by atoms with E-state index >= 15 is 0 Å². The van der Waals surface area contributed by atoms with E-state index in [4.69, 9.17) is 21.4 Å². The van der Waals surface area contributed by atoms with Gasteiger partial charge in [-0.15, -0.1) is 0 Å². The minimum absolute atomic E-state index is 0.00611. The van der Waals surface area contributed by atoms with Crippen LogP contribution in [0.15, 0.2) is 18.2 Å². The number of methoxy groups -OCH3 is 1. The van der Waals surface area contributed by atoms with Crippen LogP contribution in [0.1, 0.15) is 20.3 Å². The lowest BCUT2D eigenvalue weighted by Gasteiger charge is -2.21. The molecule has 1 rings (SSSR count). The maximum atomic E-state index is 11.9. The van der Waals surface area contributed by atoms with Crippen molar-refractivity contribution >= 4 is 29.3 Å². The summed E-state index contributed by atoms with van der Waals surface area (Å²) in [7, 11) is 1.48. The first-order valence-corrected chi connectivity index (χ1v) is 6.84. The topological polar surface area (TPSA) is 87.7 Å². The van der Waals surface area contributed by atoms with E-state index in [9.17, 15) is 9.59 Å². The zero-order valence-electron chi connectivity index (χ0n) is 12.1. The van der Waals surface area contributed by atoms with E-state index in [1.165, 1.54) is 7.11 Å². The number of aliphatic carboxylic acids is 1. The van der Waals surface area contributed by atoms with Gasteiger partial charge in [-0.25, -0.2) is 4.79 Å². The van der Waals surface area contributed by atoms with Crippen LogP contribution < -0.4 is 15.4 Å². The zero-order chi connectivity index (χ0) is 16.0. The van der Waals surface area contributed by atoms with Crippen LogP contribution in [0.3, 0.4) is 0 Å². The number of rotatable bonds is 6. The average Bonchev–Trinajstić information content (AvgIpc) is 2.39. The Labute approximate surface area is 128 Å². The molecule has 116 valence electrons. The van der Waals surface area contributed by atoms with E-state index < -0.39 is 18.0 Å². The van der Waals surface area contributed by atoms with Crippen molar-refractivity contribution in [3.63, 3.8) is 0 Å². The van der Waals surface area contributed by atoms with Gasteiger partial charge < -0.3 is 20.5 Å². The molecule has 0 spiro atoms. The Kier molecular flexibility index (Phi) is 6.30. The normalized spacial score (nSPS) is 11.9. The minimum atomic E-state index is -0.956. The fourth-order valence-corrected chi connectivity index (χ4v) is 1.91. The van der Waals surface area contributed by atoms with Crippen LogP contribution in [0, 0.1) is 5.92 Å². The van der Waals surface area contributed by atoms with Crippen molar-refractivity contribution in [1.29, 1.82) is 0 Å². The number of hydrogen-bond acceptors (Lipinski definition) is 3. The van der Waals surface area contributed by atoms with Crippen molar-refractivity contribution in [3.8, 4) is 5.75 Å². The number of amides is 2. The monoisotopic (exact) mass is 314 g/mol. The molecule has 1 aromatic carbocycles. The summed E-state index contributed by atoms with van der Waals surface area (Å²) < 4.78 is 5.06. The number of ether oxygens (including phenoxy) is 1. The molecule has 0 aliphatic carbocycles. The molecule has 0 radical (unpaired) electrons. The van der Waals surface area contributed by atoms with Gasteiger partial charge in [0.1, 0.15) is 5.75 Å². The molecule has 7 heteroatoms. The minimum Gasteiger partial charge on any atom is -0.495 e. The van der Waals surface area contributed by atoms with Gasteiger partial charge in [0.25, 0.3) is 0 Å². The molecule has 0 aliphatic heterocycles. The number of benzene rings is 1. The maximum absolute atomic E-state index is 11.9. The molecule has 6 nitrogen and oxygen atoms in total. The number of anilines is 1. The molecule has 0 aliphatic rings. The van der Waals surface area contributed by atoms with E-state index in [1.54, 1.807) is 18.2 Å². The first kappa shape index (κ1) is 17.1. The van der Waals surface area contributed by atoms with Crippen molar-refractivity contribution < 1.29 is 19.4 Å². The van der Waals surface area contributed by atoms with E-state index in [0.29, 0.717) is 16.5 Å². The number of hydrogen-bond donors (Lipinski definition) is 3. The summed E-state index contributed by atoms with van der Waals surface area (Å²) in [5.74, 6) is -0.505. The highest BCUT2D eigenvalue weighted by Gasteiger charge is 2.19. The van der Waals surface area contributed by atoms with Gasteiger partial charge in [0.15, 0.2) is 0 Å². The lowest BCUT2D eigenvalue weighted by atomic mass is 10.0. The highest BCUT2D eigenvalue weighted by Crippen LogP contribution is 2.27. The smallest absolute Gasteiger partial charge is 0.319 e. The Morgan fingerprint density at radius 2 is 2.05 bits per heavy atom. The molecular formula is C14H19ClN2O4. The number of carbonyl (C=O) groups excluding carboxylic acids is 1. The quantitative estimate of drug-likeness (QED) is 0.753. The highest BCUT2D eigenvalue weighted by molar-refractivity contribution is 6.32. The van der Waals surface area contributed by atoms with Gasteiger partial charge in [-0.05, 0) is 18.1 Å². The largest absolute Gasteiger partial charge is 0.495 e. The van der Waals surface area contributed by atoms with Crippen LogP contribution in [0.25, 0.3) is 0 Å². The number of carboxylic acids is 1. The Morgan fingerprint density at radius 3 is 2.57 bits per heavy atom. The van der Waals surface area contributed by atoms with Crippen molar-refractivity contribution in [2.24, 2.45) is 5.92 Å². The van der Waals surface area contributed by atoms with Gasteiger partial charge >= 0.3 is 12.0 Å². The number of urea groups is 1. The summed E-state index contributed by atoms with van der Waals surface area (Å²) in [5, 5.41) is 14.5. The second-order valence-electron chi connectivity index (χ2n) is 4.90. The van der Waals surface area contributed by atoms with E-state index in [1.807, 2.05) is 13.8 Å². The molecule has 1 unspecified atom stereocenters. The SMILES string of the molecule is COc1cc(NC(=O)NC(CC(=O)O)C(C)C)ccc1Cl. The van der Waals surface area contributed by atoms with Gasteiger partial charge in [0.2, 0.25) is 0 Å². The Balaban J connectivity index is 2.69. The molecule has 0 heterocycles. The van der Waals surface area contributed by atoms with Crippen molar-refractivity contribution in [1.82, 2.24) is 5.32 Å². The molecule has 3 N–H and O–H groups in total. The molecule has 1 atom stereocenters. The molecule has 0 fully saturated rings. The van der Waals surface area contributed by atoms with Gasteiger partial charge in [-0.3, -0.25) is 4.79 Å². The van der Waals surface area contributed by atoms with E-state index in [0.717, 1.165) is 0 Å². The van der Waals surface area contributed by atoms with Crippen LogP contribution in [-0.4, -0.2) is 30.3 Å². The van der Waals surface area contributed by atoms with Crippen LogP contribution >= 0.6 is 11.6 Å². The predicted octanol–water partition coefficient (Wildman–Crippen LogP) is 2.97. The van der Waals surface area contributed by atoms with Gasteiger partial charge in [0, 0.05) is 17.8 Å². The van der Waals surface area contributed by atoms with Gasteiger partial charge in [0.05, 0.1) is 18.6 Å². The number of carbonyl (C=O) groups is 2. The van der Waals surface area contributed by atoms with Gasteiger partial charge in [-0.1, -0.05) is 25.4 Å². The second kappa shape index (κ2) is 7.73. The second-order valence-corrected chi connectivity index (χ2v) is 5.30. The van der Waals surface area contributed by atoms with Crippen LogP contribution in [-0.2, 0) is 4.79 Å². The molecule has 21 heavy (non-hydrogen) atoms. The standard InChI is InChI=1S/C14H19ClN2O4/c1-8(2)11(7-13(18)19)17-14(20)16-9-4-5-10(15)12(6-9)21-3/h4-6,8,11H,7H2,1-3H3,(H,18,19)(H2,16,17,20). The maximum Gasteiger partial charge on any atom is 0.319 e. The van der Waals surface area contributed by atoms with E-state index in [-0.39, 0.29) is 12.3 Å². The van der Waals surface area contributed by atoms with Gasteiger partial charge in [-0.2, -0.15) is 0 Å². The summed E-state index contributed by atoms with van der Waals surface area (Å²) in [6.45, 7) is 3.69. The predicted molar refractivity (Wildman–Crippen MR) is 81.0 cm³/mol. The fraction of sp³-hybridized carbons (Fsp3) is 0.429. The lowest BCUT2D eigenvalue weighted by Crippen LogP contribution is -2.42. The highest BCUT2D eigenvalue weighted by atomic mass is 35.5. The third kappa shape index (κ3) is 5.51. The number of carboxylic acid groups (broad SMARTS) is 1. The summed E-state index contributed by atoms with van der Waals surface area (Å²) >= 11 is 5.90. The van der Waals surface area contributed by atoms with Crippen LogP contribution in [0.4, 0.5) is 10.5 Å². The van der Waals surface area contributed by atoms with Crippen LogP contribution in [0.2, 0.25) is 5.02 Å². The lowest BCUT2D eigenvalue weighted by molar-refractivity contribution is -0.137. The summed E-state index contributed by atoms with van der Waals surface area (Å²) in [4.78, 5) is 22.7. The molecule has 0 bridgehead atoms. The average molecular weight is 315 g/mol. The van der Waals surface area contributed by atoms with Crippen molar-refractivity contribution in [2.45, 2.75) is 26.3 Å². The summed E-state index contributed by atoms with van der Waals surface area (Å²) in [5.41, 5.74) is 0.506. The summed E-state index contributed by atoms with van der Waals surface area (Å²) in [6.07, 6.45) is -0.130. The summed E-state index contributed by atoms with van der Waals surface area (Å²) in [6, 6.07) is 3.90. The Hall–Kier alpha value is -1.95. The molecule has 1 aromatic rings.